The smallest absolute Gasteiger partial charge is 0.122 e. The molecule has 0 heterocycles. The van der Waals surface area contributed by atoms with Crippen LogP contribution >= 0.6 is 0 Å². The van der Waals surface area contributed by atoms with Crippen molar-refractivity contribution in [2.75, 3.05) is 26.2 Å². The van der Waals surface area contributed by atoms with Crippen molar-refractivity contribution in [2.24, 2.45) is 11.8 Å². The number of nitriles is 1. The van der Waals surface area contributed by atoms with E-state index in [2.05, 4.69) is 44.0 Å². The Morgan fingerprint density at radius 3 is 2.47 bits per heavy atom. The third-order valence-corrected chi connectivity index (χ3v) is 4.35. The van der Waals surface area contributed by atoms with Crippen LogP contribution in [0.15, 0.2) is 0 Å². The quantitative estimate of drug-likeness (QED) is 0.660. The van der Waals surface area contributed by atoms with Gasteiger partial charge in [-0.15, -0.1) is 0 Å². The number of nitrogens with one attached hydrogen (secondary N) is 1. The first-order valence-electron chi connectivity index (χ1n) is 8.00. The van der Waals surface area contributed by atoms with Gasteiger partial charge in [0.15, 0.2) is 0 Å². The molecule has 0 aromatic heterocycles. The summed E-state index contributed by atoms with van der Waals surface area (Å²) >= 11 is 0. The molecule has 2 atom stereocenters. The molecule has 110 valence electrons. The largest absolute Gasteiger partial charge is 0.300 e. The van der Waals surface area contributed by atoms with Crippen LogP contribution in [0.2, 0.25) is 0 Å². The van der Waals surface area contributed by atoms with E-state index in [1.807, 2.05) is 0 Å². The Kier molecular flexibility index (Phi) is 6.82. The third-order valence-electron chi connectivity index (χ3n) is 4.35. The predicted molar refractivity (Wildman–Crippen MR) is 80.9 cm³/mol. The number of hydrogen-bond acceptors (Lipinski definition) is 3. The van der Waals surface area contributed by atoms with E-state index in [9.17, 15) is 5.26 Å². The maximum atomic E-state index is 9.71. The Bertz CT molecular complexity index is 293. The third kappa shape index (κ3) is 4.78. The molecular weight excluding hydrogens is 234 g/mol. The monoisotopic (exact) mass is 265 g/mol. The summed E-state index contributed by atoms with van der Waals surface area (Å²) < 4.78 is 0. The van der Waals surface area contributed by atoms with E-state index in [0.717, 1.165) is 32.6 Å². The van der Waals surface area contributed by atoms with E-state index in [0.29, 0.717) is 11.8 Å². The van der Waals surface area contributed by atoms with Gasteiger partial charge in [0, 0.05) is 13.1 Å². The molecule has 1 rings (SSSR count). The Hall–Kier alpha value is -0.590. The summed E-state index contributed by atoms with van der Waals surface area (Å²) in [6.07, 6.45) is 4.73. The van der Waals surface area contributed by atoms with Crippen LogP contribution in [-0.2, 0) is 0 Å². The van der Waals surface area contributed by atoms with Crippen molar-refractivity contribution in [1.82, 2.24) is 10.2 Å². The summed E-state index contributed by atoms with van der Waals surface area (Å²) in [5.41, 5.74) is -0.306. The van der Waals surface area contributed by atoms with E-state index in [1.54, 1.807) is 0 Å². The lowest BCUT2D eigenvalue weighted by atomic mass is 9.93. The highest BCUT2D eigenvalue weighted by Gasteiger charge is 2.46. The summed E-state index contributed by atoms with van der Waals surface area (Å²) in [6, 6.07) is 2.62. The molecule has 1 aliphatic rings. The van der Waals surface area contributed by atoms with Crippen LogP contribution in [0.3, 0.4) is 0 Å². The lowest BCUT2D eigenvalue weighted by molar-refractivity contribution is 0.181. The SMILES string of the molecule is CCCNC(C#N)(CN(CC)CC(C)CC)C1CC1. The van der Waals surface area contributed by atoms with Gasteiger partial charge in [-0.25, -0.2) is 0 Å². The molecule has 0 aromatic carbocycles. The first-order valence-corrected chi connectivity index (χ1v) is 8.00. The van der Waals surface area contributed by atoms with Gasteiger partial charge < -0.3 is 4.90 Å². The Balaban J connectivity index is 2.66. The van der Waals surface area contributed by atoms with Crippen molar-refractivity contribution >= 4 is 0 Å². The molecule has 19 heavy (non-hydrogen) atoms. The minimum absolute atomic E-state index is 0.306. The van der Waals surface area contributed by atoms with Crippen molar-refractivity contribution in [1.29, 1.82) is 5.26 Å². The fourth-order valence-corrected chi connectivity index (χ4v) is 2.65. The normalized spacial score (nSPS) is 20.0. The van der Waals surface area contributed by atoms with Gasteiger partial charge in [0.1, 0.15) is 5.54 Å². The molecule has 0 amide bonds. The van der Waals surface area contributed by atoms with Gasteiger partial charge >= 0.3 is 0 Å². The van der Waals surface area contributed by atoms with Gasteiger partial charge in [-0.3, -0.25) is 5.32 Å². The molecule has 0 spiro atoms. The molecule has 0 radical (unpaired) electrons. The zero-order valence-electron chi connectivity index (χ0n) is 13.2. The molecule has 3 nitrogen and oxygen atoms in total. The van der Waals surface area contributed by atoms with Crippen LogP contribution in [0.25, 0.3) is 0 Å². The second kappa shape index (κ2) is 7.87. The molecule has 1 N–H and O–H groups in total. The maximum absolute atomic E-state index is 9.71. The molecule has 3 heteroatoms. The lowest BCUT2D eigenvalue weighted by Crippen LogP contribution is -2.55. The fourth-order valence-electron chi connectivity index (χ4n) is 2.65. The molecule has 0 aromatic rings. The molecule has 1 fully saturated rings. The van der Waals surface area contributed by atoms with Crippen molar-refractivity contribution in [3.8, 4) is 6.07 Å². The first kappa shape index (κ1) is 16.5. The van der Waals surface area contributed by atoms with E-state index >= 15 is 0 Å². The lowest BCUT2D eigenvalue weighted by Gasteiger charge is -2.35. The molecule has 0 saturated heterocycles. The highest BCUT2D eigenvalue weighted by Crippen LogP contribution is 2.40. The van der Waals surface area contributed by atoms with Crippen LogP contribution in [-0.4, -0.2) is 36.6 Å². The summed E-state index contributed by atoms with van der Waals surface area (Å²) in [6.45, 7) is 12.9. The number of nitrogens with zero attached hydrogens (tertiary/aromatic N) is 2. The van der Waals surface area contributed by atoms with Crippen molar-refractivity contribution in [3.05, 3.63) is 0 Å². The van der Waals surface area contributed by atoms with Crippen LogP contribution < -0.4 is 5.32 Å². The summed E-state index contributed by atoms with van der Waals surface area (Å²) in [5, 5.41) is 13.3. The second-order valence-electron chi connectivity index (χ2n) is 6.13. The Morgan fingerprint density at radius 1 is 1.37 bits per heavy atom. The van der Waals surface area contributed by atoms with Gasteiger partial charge in [-0.2, -0.15) is 5.26 Å². The molecule has 1 aliphatic carbocycles. The second-order valence-corrected chi connectivity index (χ2v) is 6.13. The van der Waals surface area contributed by atoms with Gasteiger partial charge in [-0.05, 0) is 44.2 Å². The molecule has 0 bridgehead atoms. The van der Waals surface area contributed by atoms with E-state index < -0.39 is 0 Å². The number of rotatable bonds is 10. The van der Waals surface area contributed by atoms with Crippen molar-refractivity contribution < 1.29 is 0 Å². The van der Waals surface area contributed by atoms with E-state index in [4.69, 9.17) is 0 Å². The number of hydrogen-bond donors (Lipinski definition) is 1. The summed E-state index contributed by atoms with van der Waals surface area (Å²) in [7, 11) is 0. The highest BCUT2D eigenvalue weighted by atomic mass is 15.2. The molecule has 1 saturated carbocycles. The zero-order chi connectivity index (χ0) is 14.3. The molecule has 0 aliphatic heterocycles. The summed E-state index contributed by atoms with van der Waals surface area (Å²) in [5.74, 6) is 1.27. The van der Waals surface area contributed by atoms with Crippen LogP contribution in [0.1, 0.15) is 53.4 Å². The first-order chi connectivity index (χ1) is 9.11. The highest BCUT2D eigenvalue weighted by molar-refractivity contribution is 5.16. The predicted octanol–water partition coefficient (Wildman–Crippen LogP) is 3.03. The van der Waals surface area contributed by atoms with E-state index in [-0.39, 0.29) is 5.54 Å². The fraction of sp³-hybridized carbons (Fsp3) is 0.938. The summed E-state index contributed by atoms with van der Waals surface area (Å²) in [4.78, 5) is 2.46. The van der Waals surface area contributed by atoms with Gasteiger partial charge in [0.2, 0.25) is 0 Å². The maximum Gasteiger partial charge on any atom is 0.122 e. The van der Waals surface area contributed by atoms with Crippen LogP contribution in [0, 0.1) is 23.2 Å². The number of likely N-dealkylation sites (N-methyl/N-ethyl adjacent to an activating group) is 1. The van der Waals surface area contributed by atoms with E-state index in [1.165, 1.54) is 19.3 Å². The van der Waals surface area contributed by atoms with Gasteiger partial charge in [0.05, 0.1) is 6.07 Å². The standard InChI is InChI=1S/C16H31N3/c1-5-10-18-16(12-17,15-8-9-15)13-19(7-3)11-14(4)6-2/h14-15,18H,5-11,13H2,1-4H3. The zero-order valence-corrected chi connectivity index (χ0v) is 13.2. The van der Waals surface area contributed by atoms with Gasteiger partial charge in [0.25, 0.3) is 0 Å². The van der Waals surface area contributed by atoms with Crippen LogP contribution in [0.4, 0.5) is 0 Å². The molecular formula is C16H31N3. The molecule has 2 unspecified atom stereocenters. The topological polar surface area (TPSA) is 39.1 Å². The Labute approximate surface area is 119 Å². The van der Waals surface area contributed by atoms with Crippen molar-refractivity contribution in [3.63, 3.8) is 0 Å². The Morgan fingerprint density at radius 2 is 2.05 bits per heavy atom. The minimum Gasteiger partial charge on any atom is -0.300 e. The van der Waals surface area contributed by atoms with Crippen LogP contribution in [0.5, 0.6) is 0 Å². The minimum atomic E-state index is -0.306. The van der Waals surface area contributed by atoms with Crippen molar-refractivity contribution in [2.45, 2.75) is 58.9 Å². The average molecular weight is 265 g/mol. The average Bonchev–Trinajstić information content (AvgIpc) is 3.27. The van der Waals surface area contributed by atoms with Gasteiger partial charge in [-0.1, -0.05) is 34.1 Å².